The van der Waals surface area contributed by atoms with Gasteiger partial charge in [0.05, 0.1) is 4.47 Å². The lowest BCUT2D eigenvalue weighted by Gasteiger charge is -2.23. The Morgan fingerprint density at radius 3 is 2.42 bits per heavy atom. The maximum Gasteiger partial charge on any atom is 0.139 e. The van der Waals surface area contributed by atoms with E-state index in [4.69, 9.17) is 10.5 Å². The summed E-state index contributed by atoms with van der Waals surface area (Å²) in [5.41, 5.74) is 7.04. The van der Waals surface area contributed by atoms with E-state index in [0.29, 0.717) is 0 Å². The van der Waals surface area contributed by atoms with Crippen molar-refractivity contribution < 1.29 is 4.74 Å². The van der Waals surface area contributed by atoms with Crippen LogP contribution in [0.15, 0.2) is 51.7 Å². The molecule has 19 heavy (non-hydrogen) atoms. The number of hydrogen-bond donors (Lipinski definition) is 1. The van der Waals surface area contributed by atoms with Crippen molar-refractivity contribution in [2.24, 2.45) is 5.73 Å². The summed E-state index contributed by atoms with van der Waals surface area (Å²) in [6, 6.07) is 9.50. The molecule has 1 aromatic heterocycles. The lowest BCUT2D eigenvalue weighted by molar-refractivity contribution is 0.179. The molecule has 3 nitrogen and oxygen atoms in total. The molecule has 5 heteroatoms. The average Bonchev–Trinajstić information content (AvgIpc) is 2.38. The molecule has 2 rings (SSSR count). The Balaban J connectivity index is 2.27. The van der Waals surface area contributed by atoms with Crippen molar-refractivity contribution in [3.8, 4) is 5.75 Å². The normalized spacial score (nSPS) is 13.9. The van der Waals surface area contributed by atoms with Gasteiger partial charge in [0.25, 0.3) is 0 Å². The van der Waals surface area contributed by atoms with E-state index in [-0.39, 0.29) is 12.1 Å². The molecule has 0 saturated heterocycles. The van der Waals surface area contributed by atoms with Gasteiger partial charge in [-0.25, -0.2) is 0 Å². The van der Waals surface area contributed by atoms with E-state index >= 15 is 0 Å². The lowest BCUT2D eigenvalue weighted by Crippen LogP contribution is -2.29. The number of rotatable bonds is 4. The summed E-state index contributed by atoms with van der Waals surface area (Å²) >= 11 is 6.91. The van der Waals surface area contributed by atoms with Crippen molar-refractivity contribution in [1.82, 2.24) is 4.98 Å². The van der Waals surface area contributed by atoms with Crippen LogP contribution in [0.4, 0.5) is 0 Å². The van der Waals surface area contributed by atoms with Gasteiger partial charge in [-0.1, -0.05) is 15.9 Å². The predicted octanol–water partition coefficient (Wildman–Crippen LogP) is 4.07. The highest BCUT2D eigenvalue weighted by Gasteiger charge is 2.19. The molecule has 0 bridgehead atoms. The number of ether oxygens (including phenoxy) is 1. The fraction of sp³-hybridized carbons (Fsp3) is 0.214. The van der Waals surface area contributed by atoms with Gasteiger partial charge >= 0.3 is 0 Å². The second-order valence-corrected chi connectivity index (χ2v) is 6.02. The Morgan fingerprint density at radius 1 is 1.16 bits per heavy atom. The van der Waals surface area contributed by atoms with E-state index in [1.165, 1.54) is 0 Å². The first kappa shape index (κ1) is 14.5. The van der Waals surface area contributed by atoms with Gasteiger partial charge in [0.1, 0.15) is 11.9 Å². The third-order valence-corrected chi connectivity index (χ3v) is 3.77. The summed E-state index contributed by atoms with van der Waals surface area (Å²) in [5, 5.41) is 0. The quantitative estimate of drug-likeness (QED) is 0.862. The third kappa shape index (κ3) is 3.78. The molecule has 2 atom stereocenters. The van der Waals surface area contributed by atoms with E-state index in [0.717, 1.165) is 20.3 Å². The first-order valence-electron chi connectivity index (χ1n) is 5.85. The molecule has 1 aromatic carbocycles. The van der Waals surface area contributed by atoms with E-state index < -0.39 is 0 Å². The highest BCUT2D eigenvalue weighted by atomic mass is 79.9. The number of benzene rings is 1. The average molecular weight is 386 g/mol. The SMILES string of the molecule is CC(N)C(Oc1ccc(Br)cc1Br)c1ccncc1. The van der Waals surface area contributed by atoms with Crippen LogP contribution in [0.25, 0.3) is 0 Å². The summed E-state index contributed by atoms with van der Waals surface area (Å²) in [7, 11) is 0. The van der Waals surface area contributed by atoms with Crippen LogP contribution in [-0.4, -0.2) is 11.0 Å². The molecule has 0 fully saturated rings. The van der Waals surface area contributed by atoms with Crippen molar-refractivity contribution in [2.75, 3.05) is 0 Å². The minimum absolute atomic E-state index is 0.127. The fourth-order valence-electron chi connectivity index (χ4n) is 1.74. The molecule has 0 amide bonds. The molecule has 0 saturated carbocycles. The van der Waals surface area contributed by atoms with Gasteiger partial charge in [-0.15, -0.1) is 0 Å². The van der Waals surface area contributed by atoms with Gasteiger partial charge in [0.15, 0.2) is 0 Å². The Kier molecular flexibility index (Phi) is 4.96. The molecular formula is C14H14Br2N2O. The second-order valence-electron chi connectivity index (χ2n) is 4.25. The second kappa shape index (κ2) is 6.50. The first-order valence-corrected chi connectivity index (χ1v) is 7.43. The molecular weight excluding hydrogens is 372 g/mol. The van der Waals surface area contributed by atoms with Crippen LogP contribution in [0.1, 0.15) is 18.6 Å². The Hall–Kier alpha value is -0.910. The molecule has 2 unspecified atom stereocenters. The van der Waals surface area contributed by atoms with Gasteiger partial charge < -0.3 is 10.5 Å². The number of aromatic nitrogens is 1. The van der Waals surface area contributed by atoms with Crippen LogP contribution in [0.3, 0.4) is 0 Å². The van der Waals surface area contributed by atoms with Crippen LogP contribution in [0.5, 0.6) is 5.75 Å². The molecule has 100 valence electrons. The Morgan fingerprint density at radius 2 is 1.84 bits per heavy atom. The zero-order chi connectivity index (χ0) is 13.8. The van der Waals surface area contributed by atoms with Crippen molar-refractivity contribution in [2.45, 2.75) is 19.1 Å². The van der Waals surface area contributed by atoms with Gasteiger partial charge in [0.2, 0.25) is 0 Å². The van der Waals surface area contributed by atoms with Crippen molar-refractivity contribution in [3.63, 3.8) is 0 Å². The van der Waals surface area contributed by atoms with Crippen LogP contribution in [0.2, 0.25) is 0 Å². The standard InChI is InChI=1S/C14H14Br2N2O/c1-9(17)14(10-4-6-18-7-5-10)19-13-3-2-11(15)8-12(13)16/h2-9,14H,17H2,1H3. The summed E-state index contributed by atoms with van der Waals surface area (Å²) in [6.45, 7) is 1.93. The zero-order valence-electron chi connectivity index (χ0n) is 10.4. The van der Waals surface area contributed by atoms with Gasteiger partial charge in [-0.05, 0) is 58.7 Å². The predicted molar refractivity (Wildman–Crippen MR) is 83.1 cm³/mol. The number of hydrogen-bond acceptors (Lipinski definition) is 3. The van der Waals surface area contributed by atoms with Crippen LogP contribution in [-0.2, 0) is 0 Å². The summed E-state index contributed by atoms with van der Waals surface area (Å²) in [5.74, 6) is 0.766. The third-order valence-electron chi connectivity index (χ3n) is 2.66. The summed E-state index contributed by atoms with van der Waals surface area (Å²) in [6.07, 6.45) is 3.27. The highest BCUT2D eigenvalue weighted by Crippen LogP contribution is 2.32. The van der Waals surface area contributed by atoms with Crippen LogP contribution < -0.4 is 10.5 Å². The van der Waals surface area contributed by atoms with E-state index in [1.54, 1.807) is 12.4 Å². The van der Waals surface area contributed by atoms with E-state index in [1.807, 2.05) is 37.3 Å². The van der Waals surface area contributed by atoms with Crippen LogP contribution >= 0.6 is 31.9 Å². The lowest BCUT2D eigenvalue weighted by atomic mass is 10.1. The minimum atomic E-state index is -0.208. The molecule has 0 aliphatic heterocycles. The van der Waals surface area contributed by atoms with Gasteiger partial charge in [0, 0.05) is 22.9 Å². The van der Waals surface area contributed by atoms with E-state index in [2.05, 4.69) is 36.8 Å². The number of halogens is 2. The number of nitrogens with zero attached hydrogens (tertiary/aromatic N) is 1. The number of nitrogens with two attached hydrogens (primary N) is 1. The Bertz CT molecular complexity index is 546. The molecule has 0 aliphatic rings. The summed E-state index contributed by atoms with van der Waals surface area (Å²) in [4.78, 5) is 4.01. The smallest absolute Gasteiger partial charge is 0.139 e. The zero-order valence-corrected chi connectivity index (χ0v) is 13.6. The fourth-order valence-corrected chi connectivity index (χ4v) is 2.88. The van der Waals surface area contributed by atoms with Gasteiger partial charge in [-0.2, -0.15) is 0 Å². The molecule has 1 heterocycles. The molecule has 0 aliphatic carbocycles. The first-order chi connectivity index (χ1) is 9.08. The molecule has 2 aromatic rings. The van der Waals surface area contributed by atoms with E-state index in [9.17, 15) is 0 Å². The minimum Gasteiger partial charge on any atom is -0.483 e. The largest absolute Gasteiger partial charge is 0.483 e. The molecule has 2 N–H and O–H groups in total. The summed E-state index contributed by atoms with van der Waals surface area (Å²) < 4.78 is 7.91. The van der Waals surface area contributed by atoms with Crippen molar-refractivity contribution >= 4 is 31.9 Å². The topological polar surface area (TPSA) is 48.1 Å². The molecule has 0 radical (unpaired) electrons. The monoisotopic (exact) mass is 384 g/mol. The van der Waals surface area contributed by atoms with Gasteiger partial charge in [-0.3, -0.25) is 4.98 Å². The van der Waals surface area contributed by atoms with Crippen molar-refractivity contribution in [3.05, 3.63) is 57.2 Å². The highest BCUT2D eigenvalue weighted by molar-refractivity contribution is 9.11. The maximum atomic E-state index is 6.03. The molecule has 0 spiro atoms. The Labute approximate surface area is 129 Å². The van der Waals surface area contributed by atoms with Crippen molar-refractivity contribution in [1.29, 1.82) is 0 Å². The van der Waals surface area contributed by atoms with Crippen LogP contribution in [0, 0.1) is 0 Å². The maximum absolute atomic E-state index is 6.03. The number of pyridine rings is 1.